The van der Waals surface area contributed by atoms with Crippen molar-refractivity contribution in [2.45, 2.75) is 36.0 Å². The highest BCUT2D eigenvalue weighted by atomic mass is 32.2. The van der Waals surface area contributed by atoms with Crippen LogP contribution in [0.2, 0.25) is 0 Å². The average Bonchev–Trinajstić information content (AvgIpc) is 2.72. The van der Waals surface area contributed by atoms with Crippen molar-refractivity contribution < 1.29 is 27.4 Å². The van der Waals surface area contributed by atoms with Gasteiger partial charge in [-0.2, -0.15) is 24.9 Å². The fourth-order valence-electron chi connectivity index (χ4n) is 2.71. The first-order chi connectivity index (χ1) is 14.7. The quantitative estimate of drug-likeness (QED) is 0.439. The molecule has 31 heavy (non-hydrogen) atoms. The number of carbonyl (C=O) groups is 1. The number of hydrogen-bond donors (Lipinski definition) is 2. The Bertz CT molecular complexity index is 849. The maximum absolute atomic E-state index is 12.4. The van der Waals surface area contributed by atoms with Gasteiger partial charge in [-0.25, -0.2) is 0 Å². The van der Waals surface area contributed by atoms with Gasteiger partial charge in [0.2, 0.25) is 5.91 Å². The van der Waals surface area contributed by atoms with Crippen molar-refractivity contribution in [1.82, 2.24) is 5.32 Å². The van der Waals surface area contributed by atoms with Crippen LogP contribution in [0.15, 0.2) is 47.4 Å². The smallest absolute Gasteiger partial charge is 0.446 e. The highest BCUT2D eigenvalue weighted by molar-refractivity contribution is 8.00. The van der Waals surface area contributed by atoms with Gasteiger partial charge >= 0.3 is 5.51 Å². The zero-order valence-corrected chi connectivity index (χ0v) is 18.8. The lowest BCUT2D eigenvalue weighted by Gasteiger charge is -2.16. The normalized spacial score (nSPS) is 12.4. The zero-order valence-electron chi connectivity index (χ0n) is 17.2. The van der Waals surface area contributed by atoms with E-state index >= 15 is 0 Å². The summed E-state index contributed by atoms with van der Waals surface area (Å²) in [5, 5.41) is 3.15. The van der Waals surface area contributed by atoms with E-state index in [-0.39, 0.29) is 29.2 Å². The summed E-state index contributed by atoms with van der Waals surface area (Å²) in [7, 11) is 1.52. The maximum Gasteiger partial charge on any atom is 0.446 e. The second-order valence-electron chi connectivity index (χ2n) is 6.58. The minimum Gasteiger partial charge on any atom is -0.493 e. The van der Waals surface area contributed by atoms with Gasteiger partial charge in [0.15, 0.2) is 11.5 Å². The van der Waals surface area contributed by atoms with Crippen LogP contribution in [0.3, 0.4) is 0 Å². The maximum atomic E-state index is 12.4. The van der Waals surface area contributed by atoms with Gasteiger partial charge in [0, 0.05) is 11.4 Å². The molecule has 0 unspecified atom stereocenters. The first-order valence-corrected chi connectivity index (χ1v) is 11.6. The summed E-state index contributed by atoms with van der Waals surface area (Å²) in [6.07, 6.45) is 2.62. The number of methoxy groups -OCH3 is 1. The molecule has 0 aliphatic heterocycles. The Kier molecular flexibility index (Phi) is 9.86. The Morgan fingerprint density at radius 3 is 2.39 bits per heavy atom. The van der Waals surface area contributed by atoms with Gasteiger partial charge in [-0.1, -0.05) is 18.2 Å². The molecule has 0 aliphatic rings. The molecule has 2 aromatic rings. The van der Waals surface area contributed by atoms with Crippen LogP contribution >= 0.6 is 23.5 Å². The van der Waals surface area contributed by atoms with Gasteiger partial charge in [-0.3, -0.25) is 4.79 Å². The Hall–Kier alpha value is -2.04. The Balaban J connectivity index is 1.96. The molecule has 0 heterocycles. The molecule has 0 spiro atoms. The fourth-order valence-corrected chi connectivity index (χ4v) is 3.72. The number of nitrogens with two attached hydrogens (primary N) is 1. The molecule has 2 aromatic carbocycles. The summed E-state index contributed by atoms with van der Waals surface area (Å²) in [5.41, 5.74) is 2.76. The van der Waals surface area contributed by atoms with Crippen LogP contribution in [0.5, 0.6) is 11.5 Å². The molecule has 0 saturated carbocycles. The van der Waals surface area contributed by atoms with E-state index in [1.807, 2.05) is 12.3 Å². The molecule has 170 valence electrons. The molecule has 1 atom stereocenters. The zero-order chi connectivity index (χ0) is 22.9. The number of halogens is 3. The minimum atomic E-state index is -4.31. The van der Waals surface area contributed by atoms with Gasteiger partial charge in [-0.15, -0.1) is 0 Å². The summed E-state index contributed by atoms with van der Waals surface area (Å²) < 4.78 is 48.4. The number of primary amides is 1. The van der Waals surface area contributed by atoms with Crippen LogP contribution in [0, 0.1) is 0 Å². The van der Waals surface area contributed by atoms with E-state index in [1.54, 1.807) is 36.0 Å². The molecule has 0 radical (unpaired) electrons. The fraction of sp³-hybridized carbons (Fsp3) is 0.381. The molecule has 0 bridgehead atoms. The van der Waals surface area contributed by atoms with Gasteiger partial charge in [0.25, 0.3) is 0 Å². The summed E-state index contributed by atoms with van der Waals surface area (Å²) >= 11 is 1.50. The Labute approximate surface area is 188 Å². The van der Waals surface area contributed by atoms with E-state index in [9.17, 15) is 18.0 Å². The van der Waals surface area contributed by atoms with E-state index in [0.717, 1.165) is 16.9 Å². The number of thioether (sulfide) groups is 2. The molecule has 5 nitrogen and oxygen atoms in total. The Morgan fingerprint density at radius 2 is 1.81 bits per heavy atom. The molecule has 3 N–H and O–H groups in total. The second kappa shape index (κ2) is 12.1. The van der Waals surface area contributed by atoms with Gasteiger partial charge in [0.05, 0.1) is 13.2 Å². The van der Waals surface area contributed by atoms with Gasteiger partial charge < -0.3 is 20.5 Å². The SMILES string of the molecule is COc1cc(CN[C@@H](CCSC)C(N)=O)ccc1OCc1ccc(SC(F)(F)F)cc1. The first kappa shape index (κ1) is 25.2. The van der Waals surface area contributed by atoms with Crippen LogP contribution in [0.4, 0.5) is 13.2 Å². The van der Waals surface area contributed by atoms with Gasteiger partial charge in [0.1, 0.15) is 6.61 Å². The lowest BCUT2D eigenvalue weighted by atomic mass is 10.1. The number of alkyl halides is 3. The topological polar surface area (TPSA) is 73.6 Å². The minimum absolute atomic E-state index is 0.123. The van der Waals surface area contributed by atoms with Crippen molar-refractivity contribution in [2.75, 3.05) is 19.1 Å². The average molecular weight is 475 g/mol. The highest BCUT2D eigenvalue weighted by Crippen LogP contribution is 2.37. The van der Waals surface area contributed by atoms with E-state index in [0.29, 0.717) is 24.5 Å². The molecular weight excluding hydrogens is 449 g/mol. The van der Waals surface area contributed by atoms with Crippen LogP contribution in [-0.2, 0) is 17.9 Å². The summed E-state index contributed by atoms with van der Waals surface area (Å²) in [6.45, 7) is 0.625. The van der Waals surface area contributed by atoms with Crippen LogP contribution in [0.1, 0.15) is 17.5 Å². The largest absolute Gasteiger partial charge is 0.493 e. The van der Waals surface area contributed by atoms with Crippen LogP contribution in [0.25, 0.3) is 0 Å². The number of rotatable bonds is 12. The summed E-state index contributed by atoms with van der Waals surface area (Å²) in [4.78, 5) is 11.7. The molecule has 0 fully saturated rings. The lowest BCUT2D eigenvalue weighted by Crippen LogP contribution is -2.41. The molecular formula is C21H25F3N2O3S2. The third kappa shape index (κ3) is 8.92. The molecule has 2 rings (SSSR count). The Morgan fingerprint density at radius 1 is 1.13 bits per heavy atom. The number of nitrogens with one attached hydrogen (secondary N) is 1. The van der Waals surface area contributed by atoms with E-state index in [2.05, 4.69) is 5.32 Å². The van der Waals surface area contributed by atoms with E-state index in [4.69, 9.17) is 15.2 Å². The standard InChI is InChI=1S/C21H25F3N2O3S2/c1-28-19-11-15(12-26-17(20(25)27)9-10-30-2)5-8-18(19)29-13-14-3-6-16(7-4-14)31-21(22,23)24/h3-8,11,17,26H,9-10,12-13H2,1-2H3,(H2,25,27)/t17-/m0/s1. The van der Waals surface area contributed by atoms with Crippen LogP contribution in [-0.4, -0.2) is 36.6 Å². The molecule has 0 aliphatic carbocycles. The third-order valence-electron chi connectivity index (χ3n) is 4.29. The number of ether oxygens (including phenoxy) is 2. The van der Waals surface area contributed by atoms with Crippen molar-refractivity contribution in [3.05, 3.63) is 53.6 Å². The number of hydrogen-bond acceptors (Lipinski definition) is 6. The molecule has 10 heteroatoms. The summed E-state index contributed by atoms with van der Waals surface area (Å²) in [5.74, 6) is 1.46. The molecule has 1 amide bonds. The predicted molar refractivity (Wildman–Crippen MR) is 119 cm³/mol. The van der Waals surface area contributed by atoms with Crippen LogP contribution < -0.4 is 20.5 Å². The van der Waals surface area contributed by atoms with Gasteiger partial charge in [-0.05, 0) is 65.6 Å². The summed E-state index contributed by atoms with van der Waals surface area (Å²) in [6, 6.07) is 11.0. The monoisotopic (exact) mass is 474 g/mol. The molecule has 0 saturated heterocycles. The number of carbonyl (C=O) groups excluding carboxylic acids is 1. The second-order valence-corrected chi connectivity index (χ2v) is 8.71. The number of amides is 1. The first-order valence-electron chi connectivity index (χ1n) is 9.38. The van der Waals surface area contributed by atoms with Crippen molar-refractivity contribution in [2.24, 2.45) is 5.73 Å². The van der Waals surface area contributed by atoms with E-state index in [1.165, 1.54) is 19.2 Å². The number of benzene rings is 2. The van der Waals surface area contributed by atoms with Crippen molar-refractivity contribution in [3.8, 4) is 11.5 Å². The lowest BCUT2D eigenvalue weighted by molar-refractivity contribution is -0.120. The molecule has 0 aromatic heterocycles. The van der Waals surface area contributed by atoms with Crippen molar-refractivity contribution in [3.63, 3.8) is 0 Å². The predicted octanol–water partition coefficient (Wildman–Crippen LogP) is 4.58. The third-order valence-corrected chi connectivity index (χ3v) is 5.67. The highest BCUT2D eigenvalue weighted by Gasteiger charge is 2.29. The van der Waals surface area contributed by atoms with E-state index < -0.39 is 11.6 Å². The van der Waals surface area contributed by atoms with Crippen molar-refractivity contribution in [1.29, 1.82) is 0 Å². The van der Waals surface area contributed by atoms with Crippen molar-refractivity contribution >= 4 is 29.4 Å².